The summed E-state index contributed by atoms with van der Waals surface area (Å²) in [6.07, 6.45) is 3.19. The van der Waals surface area contributed by atoms with E-state index in [1.54, 1.807) is 22.9 Å². The molecule has 1 saturated carbocycles. The molecule has 0 bridgehead atoms. The van der Waals surface area contributed by atoms with Crippen LogP contribution in [0.3, 0.4) is 0 Å². The van der Waals surface area contributed by atoms with E-state index in [0.29, 0.717) is 27.6 Å². The number of aromatic nitrogens is 6. The monoisotopic (exact) mass is 467 g/mol. The molecule has 0 saturated heterocycles. The fourth-order valence-corrected chi connectivity index (χ4v) is 4.88. The van der Waals surface area contributed by atoms with Crippen LogP contribution in [0.5, 0.6) is 0 Å². The molecule has 3 heterocycles. The molecule has 1 fully saturated rings. The number of rotatable bonds is 4. The molecule has 3 aromatic heterocycles. The minimum absolute atomic E-state index is 0.0221. The zero-order chi connectivity index (χ0) is 23.2. The van der Waals surface area contributed by atoms with Crippen molar-refractivity contribution in [3.05, 3.63) is 93.8 Å². The van der Waals surface area contributed by atoms with Crippen LogP contribution in [0.15, 0.2) is 71.7 Å². The van der Waals surface area contributed by atoms with Crippen LogP contribution in [0.25, 0.3) is 28.2 Å². The minimum Gasteiger partial charge on any atom is -0.305 e. The number of hydrogen-bond donors (Lipinski definition) is 1. The molecule has 1 aliphatic rings. The van der Waals surface area contributed by atoms with Gasteiger partial charge in [-0.3, -0.25) is 14.1 Å². The van der Waals surface area contributed by atoms with Crippen molar-refractivity contribution in [2.45, 2.75) is 24.8 Å². The van der Waals surface area contributed by atoms with Crippen LogP contribution in [0.4, 0.5) is 0 Å². The molecule has 0 radical (unpaired) electrons. The van der Waals surface area contributed by atoms with Crippen LogP contribution in [0, 0.1) is 11.3 Å². The van der Waals surface area contributed by atoms with Crippen molar-refractivity contribution < 1.29 is 0 Å². The van der Waals surface area contributed by atoms with Crippen LogP contribution in [-0.4, -0.2) is 29.3 Å². The van der Waals surface area contributed by atoms with Gasteiger partial charge < -0.3 is 4.98 Å². The van der Waals surface area contributed by atoms with E-state index in [1.807, 2.05) is 53.1 Å². The number of fused-ring (bicyclic) bond motifs is 1. The third kappa shape index (κ3) is 3.21. The number of nitriles is 1. The highest BCUT2D eigenvalue weighted by molar-refractivity contribution is 6.32. The van der Waals surface area contributed by atoms with E-state index in [4.69, 9.17) is 16.9 Å². The van der Waals surface area contributed by atoms with Gasteiger partial charge in [-0.05, 0) is 55.3 Å². The van der Waals surface area contributed by atoms with E-state index in [2.05, 4.69) is 26.2 Å². The second-order valence-electron chi connectivity index (χ2n) is 8.35. The highest BCUT2D eigenvalue weighted by Crippen LogP contribution is 2.46. The standard InChI is InChI=1S/C25H18ClN7O/c26-18-5-1-2-7-21(18)33-23(30-31-24(33)19-6-3-4-10-28-19)16-12-17(13-16)32-22-9-8-15(14-27)11-20(22)29-25(32)34/h1-11,16-17H,12-13H2,(H,29,34)/t16-,17-. The summed E-state index contributed by atoms with van der Waals surface area (Å²) in [5, 5.41) is 18.7. The van der Waals surface area contributed by atoms with Crippen molar-refractivity contribution in [1.82, 2.24) is 29.3 Å². The lowest BCUT2D eigenvalue weighted by Gasteiger charge is -2.35. The van der Waals surface area contributed by atoms with Gasteiger partial charge in [-0.2, -0.15) is 5.26 Å². The third-order valence-corrected chi connectivity index (χ3v) is 6.68. The first-order valence-corrected chi connectivity index (χ1v) is 11.3. The lowest BCUT2D eigenvalue weighted by atomic mass is 9.79. The van der Waals surface area contributed by atoms with Gasteiger partial charge in [0.25, 0.3) is 0 Å². The van der Waals surface area contributed by atoms with E-state index < -0.39 is 0 Å². The van der Waals surface area contributed by atoms with Crippen molar-refractivity contribution in [2.24, 2.45) is 0 Å². The summed E-state index contributed by atoms with van der Waals surface area (Å²) in [4.78, 5) is 20.0. The molecular formula is C25H18ClN7O. The van der Waals surface area contributed by atoms with Crippen molar-refractivity contribution >= 4 is 22.6 Å². The number of nitrogens with one attached hydrogen (secondary N) is 1. The second kappa shape index (κ2) is 7.97. The van der Waals surface area contributed by atoms with Gasteiger partial charge in [0.1, 0.15) is 11.5 Å². The third-order valence-electron chi connectivity index (χ3n) is 6.36. The Morgan fingerprint density at radius 2 is 1.88 bits per heavy atom. The lowest BCUT2D eigenvalue weighted by molar-refractivity contribution is 0.254. The summed E-state index contributed by atoms with van der Waals surface area (Å²) in [6.45, 7) is 0. The Balaban J connectivity index is 1.38. The highest BCUT2D eigenvalue weighted by atomic mass is 35.5. The average Bonchev–Trinajstić information content (AvgIpc) is 3.40. The summed E-state index contributed by atoms with van der Waals surface area (Å²) >= 11 is 6.56. The first kappa shape index (κ1) is 20.4. The maximum absolute atomic E-state index is 12.7. The summed E-state index contributed by atoms with van der Waals surface area (Å²) in [7, 11) is 0. The number of pyridine rings is 1. The fourth-order valence-electron chi connectivity index (χ4n) is 4.66. The van der Waals surface area contributed by atoms with E-state index in [1.165, 1.54) is 0 Å². The van der Waals surface area contributed by atoms with E-state index in [9.17, 15) is 4.79 Å². The van der Waals surface area contributed by atoms with Crippen molar-refractivity contribution in [1.29, 1.82) is 5.26 Å². The lowest BCUT2D eigenvalue weighted by Crippen LogP contribution is -2.32. The van der Waals surface area contributed by atoms with Gasteiger partial charge in [-0.15, -0.1) is 10.2 Å². The summed E-state index contributed by atoms with van der Waals surface area (Å²) < 4.78 is 3.76. The second-order valence-corrected chi connectivity index (χ2v) is 8.76. The van der Waals surface area contributed by atoms with Gasteiger partial charge in [0, 0.05) is 18.2 Å². The first-order valence-electron chi connectivity index (χ1n) is 10.9. The molecule has 0 amide bonds. The molecule has 34 heavy (non-hydrogen) atoms. The summed E-state index contributed by atoms with van der Waals surface area (Å²) in [5.74, 6) is 1.52. The number of hydrogen-bond acceptors (Lipinski definition) is 5. The zero-order valence-electron chi connectivity index (χ0n) is 17.9. The number of imidazole rings is 1. The fraction of sp³-hybridized carbons (Fsp3) is 0.160. The number of benzene rings is 2. The number of aromatic amines is 1. The molecule has 6 rings (SSSR count). The number of halogens is 1. The van der Waals surface area contributed by atoms with Crippen LogP contribution in [0.2, 0.25) is 5.02 Å². The molecular weight excluding hydrogens is 450 g/mol. The van der Waals surface area contributed by atoms with Gasteiger partial charge in [-0.1, -0.05) is 29.8 Å². The number of para-hydroxylation sites is 1. The SMILES string of the molecule is N#Cc1ccc2c(c1)[nH]c(=O)n2[C@H]1C[C@H](c2nnc(-c3ccccn3)n2-c2ccccc2Cl)C1. The topological polar surface area (TPSA) is 105 Å². The minimum atomic E-state index is -0.171. The van der Waals surface area contributed by atoms with Crippen molar-refractivity contribution in [2.75, 3.05) is 0 Å². The quantitative estimate of drug-likeness (QED) is 0.415. The van der Waals surface area contributed by atoms with Crippen molar-refractivity contribution in [3.63, 3.8) is 0 Å². The predicted molar refractivity (Wildman–Crippen MR) is 128 cm³/mol. The molecule has 166 valence electrons. The Morgan fingerprint density at radius 1 is 1.06 bits per heavy atom. The normalized spacial score (nSPS) is 17.4. The smallest absolute Gasteiger partial charge is 0.305 e. The number of H-pyrrole nitrogens is 1. The maximum atomic E-state index is 12.7. The maximum Gasteiger partial charge on any atom is 0.326 e. The Morgan fingerprint density at radius 3 is 2.65 bits per heavy atom. The van der Waals surface area contributed by atoms with Crippen LogP contribution in [-0.2, 0) is 0 Å². The van der Waals surface area contributed by atoms with Gasteiger partial charge in [-0.25, -0.2) is 4.79 Å². The largest absolute Gasteiger partial charge is 0.326 e. The Hall–Kier alpha value is -4.22. The molecule has 2 aromatic carbocycles. The van der Waals surface area contributed by atoms with Gasteiger partial charge in [0.15, 0.2) is 5.82 Å². The molecule has 0 atom stereocenters. The molecule has 1 N–H and O–H groups in total. The van der Waals surface area contributed by atoms with Gasteiger partial charge >= 0.3 is 5.69 Å². The summed E-state index contributed by atoms with van der Waals surface area (Å²) in [5.41, 5.74) is 3.32. The number of nitrogens with zero attached hydrogens (tertiary/aromatic N) is 6. The zero-order valence-corrected chi connectivity index (χ0v) is 18.6. The van der Waals surface area contributed by atoms with E-state index >= 15 is 0 Å². The highest BCUT2D eigenvalue weighted by Gasteiger charge is 2.38. The molecule has 0 unspecified atom stereocenters. The average molecular weight is 468 g/mol. The summed E-state index contributed by atoms with van der Waals surface area (Å²) in [6, 6.07) is 20.6. The van der Waals surface area contributed by atoms with Gasteiger partial charge in [0.2, 0.25) is 0 Å². The molecule has 0 aliphatic heterocycles. The molecule has 0 spiro atoms. The Bertz CT molecular complexity index is 1620. The van der Waals surface area contributed by atoms with Crippen LogP contribution in [0.1, 0.15) is 36.2 Å². The van der Waals surface area contributed by atoms with Crippen molar-refractivity contribution in [3.8, 4) is 23.3 Å². The van der Waals surface area contributed by atoms with Crippen LogP contribution >= 0.6 is 11.6 Å². The predicted octanol–water partition coefficient (Wildman–Crippen LogP) is 4.62. The van der Waals surface area contributed by atoms with Gasteiger partial charge in [0.05, 0.1) is 33.4 Å². The van der Waals surface area contributed by atoms with E-state index in [0.717, 1.165) is 29.9 Å². The molecule has 8 nitrogen and oxygen atoms in total. The molecule has 1 aliphatic carbocycles. The Kier molecular flexibility index (Phi) is 4.78. The molecule has 9 heteroatoms. The first-order chi connectivity index (χ1) is 16.6. The van der Waals surface area contributed by atoms with E-state index in [-0.39, 0.29) is 17.6 Å². The molecule has 5 aromatic rings. The Labute approximate surface area is 199 Å². The van der Waals surface area contributed by atoms with Crippen LogP contribution < -0.4 is 5.69 Å².